The van der Waals surface area contributed by atoms with Crippen LogP contribution in [-0.4, -0.2) is 71.2 Å². The van der Waals surface area contributed by atoms with E-state index in [0.717, 1.165) is 31.6 Å². The number of benzene rings is 2. The van der Waals surface area contributed by atoms with E-state index in [1.165, 1.54) is 6.07 Å². The minimum Gasteiger partial charge on any atom is -0.493 e. The predicted octanol–water partition coefficient (Wildman–Crippen LogP) is 2.80. The van der Waals surface area contributed by atoms with E-state index in [2.05, 4.69) is 15.0 Å². The molecule has 4 rings (SSSR count). The van der Waals surface area contributed by atoms with E-state index >= 15 is 0 Å². The Morgan fingerprint density at radius 1 is 1.18 bits per heavy atom. The molecular weight excluding hydrogens is 425 g/mol. The molecule has 1 fully saturated rings. The van der Waals surface area contributed by atoms with Crippen LogP contribution >= 0.6 is 0 Å². The molecule has 174 valence electrons. The van der Waals surface area contributed by atoms with Gasteiger partial charge >= 0.3 is 0 Å². The van der Waals surface area contributed by atoms with E-state index in [0.29, 0.717) is 31.3 Å². The summed E-state index contributed by atoms with van der Waals surface area (Å²) < 4.78 is 25.6. The van der Waals surface area contributed by atoms with Gasteiger partial charge in [0.05, 0.1) is 18.2 Å². The lowest BCUT2D eigenvalue weighted by Crippen LogP contribution is -2.52. The van der Waals surface area contributed by atoms with Gasteiger partial charge < -0.3 is 19.9 Å². The average molecular weight is 454 g/mol. The number of rotatable bonds is 8. The molecule has 1 atom stereocenters. The van der Waals surface area contributed by atoms with Crippen molar-refractivity contribution in [2.75, 3.05) is 39.3 Å². The highest BCUT2D eigenvalue weighted by molar-refractivity contribution is 5.81. The Bertz CT molecular complexity index is 1060. The number of carbonyl (C=O) groups is 1. The van der Waals surface area contributed by atoms with Crippen molar-refractivity contribution in [1.82, 2.24) is 19.9 Å². The van der Waals surface area contributed by atoms with Crippen molar-refractivity contribution in [3.05, 3.63) is 54.3 Å². The molecule has 0 bridgehead atoms. The first-order valence-corrected chi connectivity index (χ1v) is 11.1. The molecule has 1 saturated heterocycles. The third kappa shape index (κ3) is 5.74. The summed E-state index contributed by atoms with van der Waals surface area (Å²) in [5.41, 5.74) is 6.71. The van der Waals surface area contributed by atoms with Gasteiger partial charge in [-0.2, -0.15) is 4.98 Å². The zero-order valence-corrected chi connectivity index (χ0v) is 18.6. The molecule has 0 unspecified atom stereocenters. The quantitative estimate of drug-likeness (QED) is 0.524. The first-order valence-electron chi connectivity index (χ1n) is 11.1. The van der Waals surface area contributed by atoms with Gasteiger partial charge in [-0.3, -0.25) is 9.69 Å². The fourth-order valence-corrected chi connectivity index (χ4v) is 3.76. The summed E-state index contributed by atoms with van der Waals surface area (Å²) in [4.78, 5) is 20.4. The highest BCUT2D eigenvalue weighted by atomic mass is 19.1. The van der Waals surface area contributed by atoms with Crippen LogP contribution in [0.5, 0.6) is 5.75 Å². The summed E-state index contributed by atoms with van der Waals surface area (Å²) in [6.45, 7) is 6.05. The molecule has 1 aromatic heterocycles. The fraction of sp³-hybridized carbons (Fsp3) is 0.375. The van der Waals surface area contributed by atoms with E-state index < -0.39 is 11.9 Å². The van der Waals surface area contributed by atoms with Gasteiger partial charge in [-0.05, 0) is 37.6 Å². The Morgan fingerprint density at radius 2 is 1.94 bits per heavy atom. The van der Waals surface area contributed by atoms with E-state index in [-0.39, 0.29) is 17.3 Å². The second kappa shape index (κ2) is 10.5. The molecule has 2 heterocycles. The highest BCUT2D eigenvalue weighted by Gasteiger charge is 2.22. The van der Waals surface area contributed by atoms with Gasteiger partial charge in [0.2, 0.25) is 11.7 Å². The molecular formula is C24H28FN5O3. The Balaban J connectivity index is 1.24. The average Bonchev–Trinajstić information content (AvgIpc) is 3.32. The van der Waals surface area contributed by atoms with E-state index in [9.17, 15) is 9.18 Å². The lowest BCUT2D eigenvalue weighted by atomic mass is 10.2. The van der Waals surface area contributed by atoms with E-state index in [1.54, 1.807) is 19.1 Å². The zero-order chi connectivity index (χ0) is 23.2. The minimum absolute atomic E-state index is 0.000525. The molecule has 1 aliphatic rings. The minimum atomic E-state index is -0.470. The normalized spacial score (nSPS) is 15.4. The van der Waals surface area contributed by atoms with Crippen LogP contribution in [0.1, 0.15) is 13.3 Å². The second-order valence-electron chi connectivity index (χ2n) is 8.09. The maximum Gasteiger partial charge on any atom is 0.258 e. The first-order chi connectivity index (χ1) is 16.0. The Hall–Kier alpha value is -3.30. The van der Waals surface area contributed by atoms with Gasteiger partial charge in [0.1, 0.15) is 11.6 Å². The van der Waals surface area contributed by atoms with E-state index in [1.807, 2.05) is 35.2 Å². The number of halogens is 1. The maximum atomic E-state index is 14.7. The number of nitrogens with zero attached hydrogens (tertiary/aromatic N) is 4. The third-order valence-electron chi connectivity index (χ3n) is 5.59. The molecule has 0 aliphatic carbocycles. The fourth-order valence-electron chi connectivity index (χ4n) is 3.76. The van der Waals surface area contributed by atoms with Gasteiger partial charge in [0.15, 0.2) is 0 Å². The molecule has 1 amide bonds. The number of aromatic nitrogens is 2. The Kier molecular flexibility index (Phi) is 7.31. The molecule has 33 heavy (non-hydrogen) atoms. The van der Waals surface area contributed by atoms with Crippen LogP contribution < -0.4 is 10.5 Å². The van der Waals surface area contributed by atoms with Crippen LogP contribution in [-0.2, 0) is 4.79 Å². The molecule has 2 N–H and O–H groups in total. The van der Waals surface area contributed by atoms with Gasteiger partial charge in [-0.25, -0.2) is 4.39 Å². The van der Waals surface area contributed by atoms with Crippen molar-refractivity contribution in [1.29, 1.82) is 0 Å². The van der Waals surface area contributed by atoms with Crippen LogP contribution in [0.15, 0.2) is 53.1 Å². The molecule has 9 heteroatoms. The molecule has 1 aliphatic heterocycles. The van der Waals surface area contributed by atoms with Crippen molar-refractivity contribution in [3.63, 3.8) is 0 Å². The van der Waals surface area contributed by atoms with Crippen molar-refractivity contribution < 1.29 is 18.4 Å². The van der Waals surface area contributed by atoms with Gasteiger partial charge in [-0.15, -0.1) is 0 Å². The standard InChI is InChI=1S/C24H28FN5O3/c1-17(26)24(31)30-13-11-29(12-14-30)10-5-15-32-19-8-9-20(21(25)16-19)22-27-23(33-28-22)18-6-3-2-4-7-18/h2-4,6-9,16-17H,5,10-15,26H2,1H3/t17-/m1/s1. The monoisotopic (exact) mass is 453 g/mol. The molecule has 3 aromatic rings. The summed E-state index contributed by atoms with van der Waals surface area (Å²) >= 11 is 0. The highest BCUT2D eigenvalue weighted by Crippen LogP contribution is 2.26. The Labute approximate surface area is 192 Å². The lowest BCUT2D eigenvalue weighted by Gasteiger charge is -2.35. The van der Waals surface area contributed by atoms with Gasteiger partial charge in [0, 0.05) is 44.4 Å². The number of ether oxygens (including phenoxy) is 1. The summed E-state index contributed by atoms with van der Waals surface area (Å²) in [7, 11) is 0. The van der Waals surface area contributed by atoms with Crippen molar-refractivity contribution in [2.24, 2.45) is 5.73 Å². The van der Waals surface area contributed by atoms with Crippen molar-refractivity contribution in [3.8, 4) is 28.6 Å². The molecule has 2 aromatic carbocycles. The summed E-state index contributed by atoms with van der Waals surface area (Å²) in [5.74, 6) is 0.520. The van der Waals surface area contributed by atoms with Crippen molar-refractivity contribution >= 4 is 5.91 Å². The van der Waals surface area contributed by atoms with Gasteiger partial charge in [0.25, 0.3) is 5.89 Å². The number of piperazine rings is 1. The van der Waals surface area contributed by atoms with Crippen molar-refractivity contribution in [2.45, 2.75) is 19.4 Å². The number of carbonyl (C=O) groups excluding carboxylic acids is 1. The Morgan fingerprint density at radius 3 is 2.64 bits per heavy atom. The molecule has 8 nitrogen and oxygen atoms in total. The summed E-state index contributed by atoms with van der Waals surface area (Å²) in [5, 5.41) is 3.90. The molecule has 0 spiro atoms. The lowest BCUT2D eigenvalue weighted by molar-refractivity contribution is -0.133. The van der Waals surface area contributed by atoms with Gasteiger partial charge in [-0.1, -0.05) is 23.4 Å². The maximum absolute atomic E-state index is 14.7. The second-order valence-corrected chi connectivity index (χ2v) is 8.09. The van der Waals surface area contributed by atoms with Crippen LogP contribution in [0, 0.1) is 5.82 Å². The first kappa shape index (κ1) is 22.9. The third-order valence-corrected chi connectivity index (χ3v) is 5.59. The summed E-state index contributed by atoms with van der Waals surface area (Å²) in [6, 6.07) is 13.5. The molecule has 0 saturated carbocycles. The van der Waals surface area contributed by atoms with Crippen LogP contribution in [0.3, 0.4) is 0 Å². The smallest absolute Gasteiger partial charge is 0.258 e. The predicted molar refractivity (Wildman–Crippen MR) is 122 cm³/mol. The molecule has 0 radical (unpaired) electrons. The number of nitrogens with two attached hydrogens (primary N) is 1. The topological polar surface area (TPSA) is 97.7 Å². The number of hydrogen-bond donors (Lipinski definition) is 1. The zero-order valence-electron chi connectivity index (χ0n) is 18.6. The number of hydrogen-bond acceptors (Lipinski definition) is 7. The van der Waals surface area contributed by atoms with Crippen LogP contribution in [0.25, 0.3) is 22.8 Å². The van der Waals surface area contributed by atoms with E-state index in [4.69, 9.17) is 15.0 Å². The largest absolute Gasteiger partial charge is 0.493 e. The summed E-state index contributed by atoms with van der Waals surface area (Å²) in [6.07, 6.45) is 0.801. The number of amides is 1. The van der Waals surface area contributed by atoms with Crippen LogP contribution in [0.4, 0.5) is 4.39 Å². The van der Waals surface area contributed by atoms with Crippen LogP contribution in [0.2, 0.25) is 0 Å². The SMILES string of the molecule is C[C@@H](N)C(=O)N1CCN(CCCOc2ccc(-c3noc(-c4ccccc4)n3)c(F)c2)CC1.